The SMILES string of the molecule is CC(C)(C)n1nnnc1[C@H](c1cccs1)N1CCN(C(=O)c2ccco2)CC1. The molecule has 0 spiro atoms. The number of rotatable bonds is 4. The topological polar surface area (TPSA) is 80.3 Å². The summed E-state index contributed by atoms with van der Waals surface area (Å²) in [4.78, 5) is 18.0. The number of thiophene rings is 1. The number of aromatic nitrogens is 4. The third-order valence-electron chi connectivity index (χ3n) is 4.88. The molecule has 8 nitrogen and oxygen atoms in total. The van der Waals surface area contributed by atoms with Gasteiger partial charge in [0.2, 0.25) is 0 Å². The third kappa shape index (κ3) is 3.59. The van der Waals surface area contributed by atoms with Crippen molar-refractivity contribution >= 4 is 17.2 Å². The van der Waals surface area contributed by atoms with E-state index in [9.17, 15) is 4.79 Å². The number of carbonyl (C=O) groups excluding carboxylic acids is 1. The molecular formula is C19H24N6O2S. The highest BCUT2D eigenvalue weighted by molar-refractivity contribution is 7.10. The molecule has 1 fully saturated rings. The van der Waals surface area contributed by atoms with Crippen LogP contribution in [-0.4, -0.2) is 62.1 Å². The second-order valence-corrected chi connectivity index (χ2v) is 8.82. The molecule has 1 saturated heterocycles. The fraction of sp³-hybridized carbons (Fsp3) is 0.474. The molecular weight excluding hydrogens is 376 g/mol. The van der Waals surface area contributed by atoms with Crippen LogP contribution in [0.25, 0.3) is 0 Å². The van der Waals surface area contributed by atoms with Crippen molar-refractivity contribution in [2.75, 3.05) is 26.2 Å². The van der Waals surface area contributed by atoms with E-state index in [-0.39, 0.29) is 17.5 Å². The summed E-state index contributed by atoms with van der Waals surface area (Å²) < 4.78 is 7.16. The maximum atomic E-state index is 12.6. The Bertz CT molecular complexity index is 905. The lowest BCUT2D eigenvalue weighted by atomic mass is 10.1. The summed E-state index contributed by atoms with van der Waals surface area (Å²) >= 11 is 1.70. The van der Waals surface area contributed by atoms with E-state index < -0.39 is 0 Å². The minimum absolute atomic E-state index is 0.0323. The summed E-state index contributed by atoms with van der Waals surface area (Å²) in [7, 11) is 0. The second kappa shape index (κ2) is 7.48. The number of amides is 1. The van der Waals surface area contributed by atoms with E-state index in [1.165, 1.54) is 11.1 Å². The van der Waals surface area contributed by atoms with Gasteiger partial charge < -0.3 is 9.32 Å². The van der Waals surface area contributed by atoms with Crippen LogP contribution in [0.4, 0.5) is 0 Å². The highest BCUT2D eigenvalue weighted by Gasteiger charge is 2.34. The first-order valence-electron chi connectivity index (χ1n) is 9.34. The summed E-state index contributed by atoms with van der Waals surface area (Å²) in [5.74, 6) is 1.16. The van der Waals surface area contributed by atoms with Crippen molar-refractivity contribution in [1.29, 1.82) is 0 Å². The van der Waals surface area contributed by atoms with E-state index in [0.717, 1.165) is 18.9 Å². The Labute approximate surface area is 167 Å². The van der Waals surface area contributed by atoms with Gasteiger partial charge in [-0.15, -0.1) is 16.4 Å². The molecule has 0 unspecified atom stereocenters. The van der Waals surface area contributed by atoms with Gasteiger partial charge in [0.05, 0.1) is 11.8 Å². The Morgan fingerprint density at radius 1 is 1.18 bits per heavy atom. The predicted octanol–water partition coefficient (Wildman–Crippen LogP) is 2.63. The van der Waals surface area contributed by atoms with E-state index in [0.29, 0.717) is 18.8 Å². The van der Waals surface area contributed by atoms with Crippen LogP contribution < -0.4 is 0 Å². The zero-order chi connectivity index (χ0) is 19.7. The first-order valence-corrected chi connectivity index (χ1v) is 10.2. The summed E-state index contributed by atoms with van der Waals surface area (Å²) in [6, 6.07) is 7.59. The van der Waals surface area contributed by atoms with Gasteiger partial charge in [-0.1, -0.05) is 6.07 Å². The molecule has 0 bridgehead atoms. The largest absolute Gasteiger partial charge is 0.459 e. The van der Waals surface area contributed by atoms with E-state index in [2.05, 4.69) is 58.7 Å². The van der Waals surface area contributed by atoms with Crippen molar-refractivity contribution in [1.82, 2.24) is 30.0 Å². The molecule has 4 rings (SSSR count). The molecule has 0 saturated carbocycles. The second-order valence-electron chi connectivity index (χ2n) is 7.84. The molecule has 0 aliphatic carbocycles. The van der Waals surface area contributed by atoms with E-state index in [1.807, 2.05) is 9.58 Å². The number of hydrogen-bond donors (Lipinski definition) is 0. The monoisotopic (exact) mass is 400 g/mol. The summed E-state index contributed by atoms with van der Waals surface area (Å²) in [6.07, 6.45) is 1.53. The van der Waals surface area contributed by atoms with Crippen LogP contribution in [0, 0.1) is 0 Å². The van der Waals surface area contributed by atoms with Crippen LogP contribution in [0.1, 0.15) is 48.1 Å². The van der Waals surface area contributed by atoms with Crippen LogP contribution in [0.5, 0.6) is 0 Å². The first-order chi connectivity index (χ1) is 13.4. The molecule has 1 amide bonds. The normalized spacial score (nSPS) is 17.0. The predicted molar refractivity (Wildman–Crippen MR) is 105 cm³/mol. The van der Waals surface area contributed by atoms with Crippen LogP contribution in [0.2, 0.25) is 0 Å². The number of carbonyl (C=O) groups is 1. The zero-order valence-corrected chi connectivity index (χ0v) is 17.1. The molecule has 4 heterocycles. The average molecular weight is 401 g/mol. The van der Waals surface area contributed by atoms with Crippen molar-refractivity contribution in [3.05, 3.63) is 52.4 Å². The van der Waals surface area contributed by atoms with Gasteiger partial charge in [-0.05, 0) is 54.8 Å². The fourth-order valence-electron chi connectivity index (χ4n) is 3.50. The smallest absolute Gasteiger partial charge is 0.289 e. The maximum absolute atomic E-state index is 12.6. The molecule has 0 aromatic carbocycles. The third-order valence-corrected chi connectivity index (χ3v) is 5.81. The standard InChI is InChI=1S/C19H24N6O2S/c1-19(2,3)25-17(20-21-22-25)16(15-7-5-13-28-15)23-8-10-24(11-9-23)18(26)14-6-4-12-27-14/h4-7,12-13,16H,8-11H2,1-3H3/t16-/m0/s1. The Hall–Kier alpha value is -2.52. The molecule has 28 heavy (non-hydrogen) atoms. The molecule has 1 aliphatic rings. The quantitative estimate of drug-likeness (QED) is 0.670. The summed E-state index contributed by atoms with van der Waals surface area (Å²) in [6.45, 7) is 9.05. The van der Waals surface area contributed by atoms with Crippen molar-refractivity contribution in [2.24, 2.45) is 0 Å². The number of tetrazole rings is 1. The van der Waals surface area contributed by atoms with Crippen molar-refractivity contribution in [3.8, 4) is 0 Å². The molecule has 148 valence electrons. The highest BCUT2D eigenvalue weighted by atomic mass is 32.1. The molecule has 3 aromatic heterocycles. The molecule has 1 atom stereocenters. The number of hydrogen-bond acceptors (Lipinski definition) is 7. The van der Waals surface area contributed by atoms with Crippen LogP contribution in [-0.2, 0) is 5.54 Å². The molecule has 9 heteroatoms. The Kier molecular flexibility index (Phi) is 5.03. The first kappa shape index (κ1) is 18.8. The lowest BCUT2D eigenvalue weighted by Crippen LogP contribution is -2.50. The van der Waals surface area contributed by atoms with Crippen molar-refractivity contribution < 1.29 is 9.21 Å². The fourth-order valence-corrected chi connectivity index (χ4v) is 4.35. The van der Waals surface area contributed by atoms with Crippen LogP contribution in [0.15, 0.2) is 40.3 Å². The Morgan fingerprint density at radius 3 is 2.57 bits per heavy atom. The van der Waals surface area contributed by atoms with Gasteiger partial charge in [0.15, 0.2) is 11.6 Å². The van der Waals surface area contributed by atoms with E-state index in [1.54, 1.807) is 23.5 Å². The van der Waals surface area contributed by atoms with Gasteiger partial charge >= 0.3 is 0 Å². The molecule has 1 aliphatic heterocycles. The zero-order valence-electron chi connectivity index (χ0n) is 16.3. The lowest BCUT2D eigenvalue weighted by Gasteiger charge is -2.38. The van der Waals surface area contributed by atoms with Crippen molar-refractivity contribution in [3.63, 3.8) is 0 Å². The minimum atomic E-state index is -0.217. The highest BCUT2D eigenvalue weighted by Crippen LogP contribution is 2.33. The van der Waals surface area contributed by atoms with Gasteiger partial charge in [-0.3, -0.25) is 9.69 Å². The van der Waals surface area contributed by atoms with Crippen LogP contribution in [0.3, 0.4) is 0 Å². The number of nitrogens with zero attached hydrogens (tertiary/aromatic N) is 6. The molecule has 3 aromatic rings. The van der Waals surface area contributed by atoms with Gasteiger partial charge in [-0.25, -0.2) is 4.68 Å². The van der Waals surface area contributed by atoms with E-state index in [4.69, 9.17) is 4.42 Å². The van der Waals surface area contributed by atoms with Gasteiger partial charge in [0.1, 0.15) is 6.04 Å². The number of furan rings is 1. The average Bonchev–Trinajstić information content (AvgIpc) is 3.43. The summed E-state index contributed by atoms with van der Waals surface area (Å²) in [5, 5.41) is 14.7. The maximum Gasteiger partial charge on any atom is 0.289 e. The van der Waals surface area contributed by atoms with Crippen LogP contribution >= 0.6 is 11.3 Å². The molecule has 0 radical (unpaired) electrons. The number of piperazine rings is 1. The summed E-state index contributed by atoms with van der Waals surface area (Å²) in [5.41, 5.74) is -0.217. The van der Waals surface area contributed by atoms with Crippen molar-refractivity contribution in [2.45, 2.75) is 32.4 Å². The molecule has 0 N–H and O–H groups in total. The Balaban J connectivity index is 1.57. The van der Waals surface area contributed by atoms with Gasteiger partial charge in [0.25, 0.3) is 5.91 Å². The van der Waals surface area contributed by atoms with E-state index >= 15 is 0 Å². The van der Waals surface area contributed by atoms with Gasteiger partial charge in [-0.2, -0.15) is 0 Å². The Morgan fingerprint density at radius 2 is 1.96 bits per heavy atom. The lowest BCUT2D eigenvalue weighted by molar-refractivity contribution is 0.0558. The minimum Gasteiger partial charge on any atom is -0.459 e. The van der Waals surface area contributed by atoms with Gasteiger partial charge in [0, 0.05) is 31.1 Å².